The SMILES string of the molecule is CCCCCCCCC(C)=[N+]1CCCC1. The molecule has 0 atom stereocenters. The van der Waals surface area contributed by atoms with Gasteiger partial charge in [-0.1, -0.05) is 39.0 Å². The van der Waals surface area contributed by atoms with Gasteiger partial charge in [-0.25, -0.2) is 4.58 Å². The van der Waals surface area contributed by atoms with Gasteiger partial charge in [-0.3, -0.25) is 0 Å². The lowest BCUT2D eigenvalue weighted by atomic mass is 10.1. The molecule has 1 heterocycles. The summed E-state index contributed by atoms with van der Waals surface area (Å²) in [6, 6.07) is 0. The molecule has 0 aromatic heterocycles. The van der Waals surface area contributed by atoms with Crippen LogP contribution in [0.1, 0.15) is 71.6 Å². The van der Waals surface area contributed by atoms with Gasteiger partial charge >= 0.3 is 0 Å². The van der Waals surface area contributed by atoms with Crippen molar-refractivity contribution in [3.8, 4) is 0 Å². The summed E-state index contributed by atoms with van der Waals surface area (Å²) < 4.78 is 2.59. The molecule has 0 amide bonds. The maximum absolute atomic E-state index is 2.59. The maximum Gasteiger partial charge on any atom is 0.149 e. The minimum atomic E-state index is 1.32. The summed E-state index contributed by atoms with van der Waals surface area (Å²) in [4.78, 5) is 0. The number of nitrogens with zero attached hydrogens (tertiary/aromatic N) is 1. The molecule has 0 saturated carbocycles. The molecule has 1 nitrogen and oxygen atoms in total. The van der Waals surface area contributed by atoms with E-state index in [1.54, 1.807) is 5.71 Å². The second kappa shape index (κ2) is 7.90. The van der Waals surface area contributed by atoms with Crippen molar-refractivity contribution in [1.29, 1.82) is 0 Å². The summed E-state index contributed by atoms with van der Waals surface area (Å²) in [6.07, 6.45) is 12.7. The van der Waals surface area contributed by atoms with Crippen LogP contribution in [0.15, 0.2) is 0 Å². The lowest BCUT2D eigenvalue weighted by Crippen LogP contribution is -2.15. The molecular weight excluding hydrogens is 182 g/mol. The van der Waals surface area contributed by atoms with Crippen molar-refractivity contribution in [3.63, 3.8) is 0 Å². The molecule has 1 fully saturated rings. The van der Waals surface area contributed by atoms with Crippen LogP contribution < -0.4 is 0 Å². The molecule has 0 N–H and O–H groups in total. The molecule has 0 unspecified atom stereocenters. The van der Waals surface area contributed by atoms with Crippen LogP contribution in [0, 0.1) is 0 Å². The lowest BCUT2D eigenvalue weighted by Gasteiger charge is -2.01. The number of unbranched alkanes of at least 4 members (excludes halogenated alkanes) is 5. The minimum absolute atomic E-state index is 1.32. The van der Waals surface area contributed by atoms with Gasteiger partial charge in [0.25, 0.3) is 0 Å². The topological polar surface area (TPSA) is 3.01 Å². The second-order valence-electron chi connectivity index (χ2n) is 4.95. The zero-order valence-corrected chi connectivity index (χ0v) is 10.7. The smallest absolute Gasteiger partial charge is 0.149 e. The summed E-state index contributed by atoms with van der Waals surface area (Å²) in [5.74, 6) is 0. The van der Waals surface area contributed by atoms with E-state index >= 15 is 0 Å². The predicted molar refractivity (Wildman–Crippen MR) is 67.9 cm³/mol. The molecule has 1 aliphatic heterocycles. The van der Waals surface area contributed by atoms with Crippen molar-refractivity contribution >= 4 is 5.71 Å². The summed E-state index contributed by atoms with van der Waals surface area (Å²) >= 11 is 0. The van der Waals surface area contributed by atoms with Gasteiger partial charge in [-0.2, -0.15) is 0 Å². The first kappa shape index (κ1) is 12.7. The Morgan fingerprint density at radius 2 is 1.53 bits per heavy atom. The molecular formula is C14H28N+. The fourth-order valence-electron chi connectivity index (χ4n) is 2.42. The fourth-order valence-corrected chi connectivity index (χ4v) is 2.42. The van der Waals surface area contributed by atoms with Gasteiger partial charge in [0, 0.05) is 26.2 Å². The van der Waals surface area contributed by atoms with E-state index < -0.39 is 0 Å². The molecule has 1 heteroatoms. The van der Waals surface area contributed by atoms with Crippen molar-refractivity contribution in [2.45, 2.75) is 71.6 Å². The van der Waals surface area contributed by atoms with Crippen molar-refractivity contribution in [2.24, 2.45) is 0 Å². The maximum atomic E-state index is 2.59. The van der Waals surface area contributed by atoms with E-state index in [1.165, 1.54) is 70.9 Å². The Morgan fingerprint density at radius 3 is 2.20 bits per heavy atom. The van der Waals surface area contributed by atoms with E-state index in [9.17, 15) is 0 Å². The summed E-state index contributed by atoms with van der Waals surface area (Å²) in [6.45, 7) is 7.26. The van der Waals surface area contributed by atoms with Gasteiger partial charge in [0.05, 0.1) is 0 Å². The summed E-state index contributed by atoms with van der Waals surface area (Å²) in [5, 5.41) is 0. The summed E-state index contributed by atoms with van der Waals surface area (Å²) in [7, 11) is 0. The van der Waals surface area contributed by atoms with E-state index in [-0.39, 0.29) is 0 Å². The zero-order valence-electron chi connectivity index (χ0n) is 10.7. The minimum Gasteiger partial charge on any atom is -0.237 e. The van der Waals surface area contributed by atoms with Gasteiger partial charge in [0.2, 0.25) is 0 Å². The van der Waals surface area contributed by atoms with Gasteiger partial charge < -0.3 is 0 Å². The Bertz CT molecular complexity index is 186. The number of rotatable bonds is 7. The van der Waals surface area contributed by atoms with Crippen LogP contribution in [0.4, 0.5) is 0 Å². The molecule has 1 rings (SSSR count). The van der Waals surface area contributed by atoms with E-state index in [1.807, 2.05) is 0 Å². The van der Waals surface area contributed by atoms with Crippen LogP contribution in [-0.4, -0.2) is 23.4 Å². The Labute approximate surface area is 95.6 Å². The third-order valence-electron chi connectivity index (χ3n) is 3.54. The molecule has 0 spiro atoms. The van der Waals surface area contributed by atoms with Crippen LogP contribution >= 0.6 is 0 Å². The Kier molecular flexibility index (Phi) is 6.71. The van der Waals surface area contributed by atoms with E-state index in [4.69, 9.17) is 0 Å². The van der Waals surface area contributed by atoms with Crippen LogP contribution in [-0.2, 0) is 0 Å². The largest absolute Gasteiger partial charge is 0.237 e. The number of hydrogen-bond donors (Lipinski definition) is 0. The molecule has 0 radical (unpaired) electrons. The quantitative estimate of drug-likeness (QED) is 0.441. The molecule has 1 saturated heterocycles. The Balaban J connectivity index is 2.01. The van der Waals surface area contributed by atoms with Crippen LogP contribution in [0.3, 0.4) is 0 Å². The highest BCUT2D eigenvalue weighted by Crippen LogP contribution is 2.09. The van der Waals surface area contributed by atoms with Gasteiger partial charge in [-0.05, 0) is 6.42 Å². The first-order valence-corrected chi connectivity index (χ1v) is 6.92. The van der Waals surface area contributed by atoms with Crippen LogP contribution in [0.2, 0.25) is 0 Å². The van der Waals surface area contributed by atoms with Gasteiger partial charge in [0.15, 0.2) is 0 Å². The Hall–Kier alpha value is -0.330. The fraction of sp³-hybridized carbons (Fsp3) is 0.929. The van der Waals surface area contributed by atoms with E-state index in [0.717, 1.165) is 0 Å². The molecule has 0 aromatic rings. The van der Waals surface area contributed by atoms with Crippen LogP contribution in [0.25, 0.3) is 0 Å². The first-order valence-electron chi connectivity index (χ1n) is 6.92. The lowest BCUT2D eigenvalue weighted by molar-refractivity contribution is -0.507. The second-order valence-corrected chi connectivity index (χ2v) is 4.95. The molecule has 0 aromatic carbocycles. The standard InChI is InChI=1S/C14H28N/c1-3-4-5-6-7-8-11-14(2)15-12-9-10-13-15/h3-13H2,1-2H3/q+1. The zero-order chi connectivity index (χ0) is 10.9. The van der Waals surface area contributed by atoms with Crippen molar-refractivity contribution in [1.82, 2.24) is 0 Å². The molecule has 88 valence electrons. The summed E-state index contributed by atoms with van der Waals surface area (Å²) in [5.41, 5.74) is 1.64. The highest BCUT2D eigenvalue weighted by atomic mass is 15.0. The van der Waals surface area contributed by atoms with Crippen molar-refractivity contribution < 1.29 is 4.58 Å². The van der Waals surface area contributed by atoms with E-state index in [0.29, 0.717) is 0 Å². The van der Waals surface area contributed by atoms with E-state index in [2.05, 4.69) is 18.4 Å². The normalized spacial score (nSPS) is 16.0. The van der Waals surface area contributed by atoms with Crippen molar-refractivity contribution in [3.05, 3.63) is 0 Å². The third kappa shape index (κ3) is 5.34. The molecule has 15 heavy (non-hydrogen) atoms. The Morgan fingerprint density at radius 1 is 0.933 bits per heavy atom. The molecule has 0 bridgehead atoms. The highest BCUT2D eigenvalue weighted by molar-refractivity contribution is 5.76. The first-order chi connectivity index (χ1) is 7.34. The molecule has 0 aliphatic carbocycles. The van der Waals surface area contributed by atoms with Gasteiger partial charge in [0.1, 0.15) is 18.8 Å². The average molecular weight is 210 g/mol. The molecule has 1 aliphatic rings. The average Bonchev–Trinajstić information content (AvgIpc) is 2.76. The third-order valence-corrected chi connectivity index (χ3v) is 3.54. The predicted octanol–water partition coefficient (Wildman–Crippen LogP) is 4.00. The highest BCUT2D eigenvalue weighted by Gasteiger charge is 2.15. The van der Waals surface area contributed by atoms with Crippen LogP contribution in [0.5, 0.6) is 0 Å². The number of hydrogen-bond acceptors (Lipinski definition) is 0. The van der Waals surface area contributed by atoms with Crippen molar-refractivity contribution in [2.75, 3.05) is 13.1 Å². The van der Waals surface area contributed by atoms with Gasteiger partial charge in [-0.15, -0.1) is 0 Å². The monoisotopic (exact) mass is 210 g/mol.